The van der Waals surface area contributed by atoms with Gasteiger partial charge in [-0.1, -0.05) is 102 Å². The van der Waals surface area contributed by atoms with Crippen LogP contribution in [-0.4, -0.2) is 42.1 Å². The Morgan fingerprint density at radius 2 is 1.38 bits per heavy atom. The van der Waals surface area contributed by atoms with Crippen LogP contribution >= 0.6 is 35.4 Å². The van der Waals surface area contributed by atoms with Gasteiger partial charge in [0.05, 0.1) is 16.6 Å². The second-order valence-corrected chi connectivity index (χ2v) is 10.9. The number of carbonyl (C=O) groups excluding carboxylic acids is 1. The Hall–Kier alpha value is -3.42. The molecule has 1 saturated heterocycles. The Labute approximate surface area is 250 Å². The lowest BCUT2D eigenvalue weighted by Gasteiger charge is -2.36. The van der Waals surface area contributed by atoms with Gasteiger partial charge in [-0.15, -0.1) is 0 Å². The predicted octanol–water partition coefficient (Wildman–Crippen LogP) is 6.96. The zero-order chi connectivity index (χ0) is 27.9. The molecule has 5 rings (SSSR count). The summed E-state index contributed by atoms with van der Waals surface area (Å²) in [4.78, 5) is 18.0. The van der Waals surface area contributed by atoms with Crippen molar-refractivity contribution in [3.05, 3.63) is 130 Å². The van der Waals surface area contributed by atoms with Crippen LogP contribution in [0.15, 0.2) is 103 Å². The van der Waals surface area contributed by atoms with Crippen molar-refractivity contribution in [2.24, 2.45) is 0 Å². The third-order valence-corrected chi connectivity index (χ3v) is 7.91. The standard InChI is InChI=1S/C32H30Cl2N4OS/c33-27-14-8-7-13-25(27)22-37-17-19-38(20-18-37)29-16-15-26(21-28(29)34)35-32(40)36-31(39)30(23-9-3-1-4-10-23)24-11-5-2-6-12-24/h1-16,21,30H,17-20,22H2,(H2,35,36,39,40). The van der Waals surface area contributed by atoms with E-state index in [1.807, 2.05) is 97.1 Å². The quantitative estimate of drug-likeness (QED) is 0.228. The summed E-state index contributed by atoms with van der Waals surface area (Å²) in [6, 6.07) is 33.1. The number of rotatable bonds is 7. The van der Waals surface area contributed by atoms with Gasteiger partial charge in [-0.3, -0.25) is 9.69 Å². The minimum atomic E-state index is -0.482. The predicted molar refractivity (Wildman–Crippen MR) is 169 cm³/mol. The molecule has 1 aliphatic rings. The smallest absolute Gasteiger partial charge is 0.238 e. The average Bonchev–Trinajstić information content (AvgIpc) is 2.96. The van der Waals surface area contributed by atoms with Gasteiger partial charge in [-0.05, 0) is 53.2 Å². The summed E-state index contributed by atoms with van der Waals surface area (Å²) in [5.41, 5.74) is 4.63. The normalized spacial score (nSPS) is 13.7. The topological polar surface area (TPSA) is 47.6 Å². The summed E-state index contributed by atoms with van der Waals surface area (Å²) >= 11 is 18.5. The Morgan fingerprint density at radius 1 is 0.775 bits per heavy atom. The summed E-state index contributed by atoms with van der Waals surface area (Å²) in [5, 5.41) is 7.64. The van der Waals surface area contributed by atoms with E-state index in [1.165, 1.54) is 0 Å². The van der Waals surface area contributed by atoms with Crippen molar-refractivity contribution in [2.75, 3.05) is 36.4 Å². The lowest BCUT2D eigenvalue weighted by atomic mass is 9.90. The number of amides is 1. The van der Waals surface area contributed by atoms with E-state index in [4.69, 9.17) is 35.4 Å². The maximum absolute atomic E-state index is 13.4. The van der Waals surface area contributed by atoms with E-state index in [2.05, 4.69) is 26.5 Å². The number of hydrogen-bond donors (Lipinski definition) is 2. The SMILES string of the molecule is O=C(NC(=S)Nc1ccc(N2CCN(Cc3ccccc3Cl)CC2)c(Cl)c1)C(c1ccccc1)c1ccccc1. The van der Waals surface area contributed by atoms with Crippen molar-refractivity contribution in [2.45, 2.75) is 12.5 Å². The first-order valence-corrected chi connectivity index (χ1v) is 14.4. The molecule has 5 nitrogen and oxygen atoms in total. The molecule has 4 aromatic carbocycles. The molecule has 0 spiro atoms. The third-order valence-electron chi connectivity index (χ3n) is 7.04. The monoisotopic (exact) mass is 588 g/mol. The van der Waals surface area contributed by atoms with Gasteiger partial charge in [-0.2, -0.15) is 0 Å². The van der Waals surface area contributed by atoms with Gasteiger partial charge in [-0.25, -0.2) is 0 Å². The molecule has 1 aliphatic heterocycles. The lowest BCUT2D eigenvalue weighted by Crippen LogP contribution is -2.46. The maximum Gasteiger partial charge on any atom is 0.238 e. The zero-order valence-electron chi connectivity index (χ0n) is 21.9. The summed E-state index contributed by atoms with van der Waals surface area (Å²) in [6.45, 7) is 4.41. The van der Waals surface area contributed by atoms with Crippen molar-refractivity contribution >= 4 is 57.8 Å². The van der Waals surface area contributed by atoms with Crippen LogP contribution in [0.1, 0.15) is 22.6 Å². The minimum Gasteiger partial charge on any atom is -0.368 e. The number of hydrogen-bond acceptors (Lipinski definition) is 4. The fraction of sp³-hybridized carbons (Fsp3) is 0.188. The largest absolute Gasteiger partial charge is 0.368 e. The van der Waals surface area contributed by atoms with E-state index < -0.39 is 5.92 Å². The van der Waals surface area contributed by atoms with E-state index >= 15 is 0 Å². The first-order valence-electron chi connectivity index (χ1n) is 13.2. The number of piperazine rings is 1. The van der Waals surface area contributed by atoms with Crippen LogP contribution in [0, 0.1) is 0 Å². The van der Waals surface area contributed by atoms with Gasteiger partial charge in [0.1, 0.15) is 0 Å². The van der Waals surface area contributed by atoms with Crippen LogP contribution < -0.4 is 15.5 Å². The second-order valence-electron chi connectivity index (χ2n) is 9.72. The number of nitrogens with one attached hydrogen (secondary N) is 2. The van der Waals surface area contributed by atoms with Crippen LogP contribution in [0.3, 0.4) is 0 Å². The number of halogens is 2. The highest BCUT2D eigenvalue weighted by Crippen LogP contribution is 2.30. The van der Waals surface area contributed by atoms with Gasteiger partial charge in [0.2, 0.25) is 5.91 Å². The Balaban J connectivity index is 1.19. The first kappa shape index (κ1) is 28.1. The van der Waals surface area contributed by atoms with Crippen molar-refractivity contribution in [1.82, 2.24) is 10.2 Å². The molecule has 1 amide bonds. The molecule has 204 valence electrons. The molecular weight excluding hydrogens is 559 g/mol. The molecule has 4 aromatic rings. The van der Waals surface area contributed by atoms with Crippen LogP contribution in [0.25, 0.3) is 0 Å². The first-order chi connectivity index (χ1) is 19.5. The number of carbonyl (C=O) groups is 1. The second kappa shape index (κ2) is 13.3. The molecule has 8 heteroatoms. The number of benzene rings is 4. The van der Waals surface area contributed by atoms with Crippen LogP contribution in [-0.2, 0) is 11.3 Å². The van der Waals surface area contributed by atoms with Gasteiger partial charge in [0, 0.05) is 43.4 Å². The van der Waals surface area contributed by atoms with Crippen molar-refractivity contribution < 1.29 is 4.79 Å². The highest BCUT2D eigenvalue weighted by molar-refractivity contribution is 7.80. The summed E-state index contributed by atoms with van der Waals surface area (Å²) in [7, 11) is 0. The number of thiocarbonyl (C=S) groups is 1. The Morgan fingerprint density at radius 3 is 1.98 bits per heavy atom. The molecule has 40 heavy (non-hydrogen) atoms. The lowest BCUT2D eigenvalue weighted by molar-refractivity contribution is -0.120. The fourth-order valence-corrected chi connectivity index (χ4v) is 5.70. The molecule has 0 atom stereocenters. The van der Waals surface area contributed by atoms with E-state index in [1.54, 1.807) is 0 Å². The summed E-state index contributed by atoms with van der Waals surface area (Å²) in [6.07, 6.45) is 0. The molecule has 0 aliphatic carbocycles. The van der Waals surface area contributed by atoms with Crippen molar-refractivity contribution in [3.8, 4) is 0 Å². The molecule has 0 bridgehead atoms. The van der Waals surface area contributed by atoms with E-state index in [0.29, 0.717) is 10.7 Å². The van der Waals surface area contributed by atoms with Crippen molar-refractivity contribution in [1.29, 1.82) is 0 Å². The van der Waals surface area contributed by atoms with Crippen LogP contribution in [0.2, 0.25) is 10.0 Å². The van der Waals surface area contributed by atoms with E-state index in [-0.39, 0.29) is 11.0 Å². The summed E-state index contributed by atoms with van der Waals surface area (Å²) in [5.74, 6) is -0.683. The van der Waals surface area contributed by atoms with Gasteiger partial charge in [0.25, 0.3) is 0 Å². The highest BCUT2D eigenvalue weighted by atomic mass is 35.5. The van der Waals surface area contributed by atoms with Gasteiger partial charge < -0.3 is 15.5 Å². The molecule has 2 N–H and O–H groups in total. The minimum absolute atomic E-state index is 0.202. The number of anilines is 2. The van der Waals surface area contributed by atoms with Gasteiger partial charge in [0.15, 0.2) is 5.11 Å². The summed E-state index contributed by atoms with van der Waals surface area (Å²) < 4.78 is 0. The van der Waals surface area contributed by atoms with E-state index in [9.17, 15) is 4.79 Å². The van der Waals surface area contributed by atoms with Gasteiger partial charge >= 0.3 is 0 Å². The zero-order valence-corrected chi connectivity index (χ0v) is 24.2. The Kier molecular flexibility index (Phi) is 9.34. The van der Waals surface area contributed by atoms with E-state index in [0.717, 1.165) is 60.1 Å². The number of nitrogens with zero attached hydrogens (tertiary/aromatic N) is 2. The van der Waals surface area contributed by atoms with Crippen LogP contribution in [0.5, 0.6) is 0 Å². The molecule has 0 radical (unpaired) electrons. The van der Waals surface area contributed by atoms with Crippen molar-refractivity contribution in [3.63, 3.8) is 0 Å². The Bertz CT molecular complexity index is 1420. The molecule has 1 fully saturated rings. The maximum atomic E-state index is 13.4. The highest BCUT2D eigenvalue weighted by Gasteiger charge is 2.24. The molecule has 0 saturated carbocycles. The average molecular weight is 590 g/mol. The molecule has 0 unspecified atom stereocenters. The van der Waals surface area contributed by atoms with Crippen LogP contribution in [0.4, 0.5) is 11.4 Å². The third kappa shape index (κ3) is 7.01. The molecular formula is C32H30Cl2N4OS. The molecule has 1 heterocycles. The molecule has 0 aromatic heterocycles. The fourth-order valence-electron chi connectivity index (χ4n) is 4.99.